The van der Waals surface area contributed by atoms with Gasteiger partial charge in [0.1, 0.15) is 18.7 Å². The van der Waals surface area contributed by atoms with Crippen molar-refractivity contribution in [2.75, 3.05) is 6.66 Å². The lowest BCUT2D eigenvalue weighted by atomic mass is 10.4. The SMILES string of the molecule is CPc1c(C#N)cnn1-c1ncncn1. The van der Waals surface area contributed by atoms with E-state index in [4.69, 9.17) is 5.26 Å². The molecule has 1 atom stereocenters. The molecule has 0 N–H and O–H groups in total. The van der Waals surface area contributed by atoms with Crippen molar-refractivity contribution in [3.8, 4) is 12.0 Å². The summed E-state index contributed by atoms with van der Waals surface area (Å²) in [5.74, 6) is 0.441. The van der Waals surface area contributed by atoms with Crippen molar-refractivity contribution in [1.82, 2.24) is 24.7 Å². The van der Waals surface area contributed by atoms with Crippen LogP contribution in [0.25, 0.3) is 5.95 Å². The molecule has 0 aromatic carbocycles. The standard InChI is InChI=1S/C8H7N6P/c1-15-7-6(2-9)3-13-14(7)8-11-4-10-5-12-8/h3-5,15H,1H3. The first-order valence-corrected chi connectivity index (χ1v) is 5.65. The first-order chi connectivity index (χ1) is 7.36. The summed E-state index contributed by atoms with van der Waals surface area (Å²) in [5, 5.41) is 12.9. The third-order valence-electron chi connectivity index (χ3n) is 1.80. The third kappa shape index (κ3) is 1.69. The van der Waals surface area contributed by atoms with Crippen LogP contribution in [-0.2, 0) is 0 Å². The molecular formula is C8H7N6P. The van der Waals surface area contributed by atoms with Crippen LogP contribution < -0.4 is 5.44 Å². The summed E-state index contributed by atoms with van der Waals surface area (Å²) < 4.78 is 1.57. The summed E-state index contributed by atoms with van der Waals surface area (Å²) in [6, 6.07) is 2.09. The van der Waals surface area contributed by atoms with Crippen molar-refractivity contribution in [1.29, 1.82) is 5.26 Å². The van der Waals surface area contributed by atoms with Crippen molar-refractivity contribution in [2.45, 2.75) is 0 Å². The first kappa shape index (κ1) is 9.69. The average Bonchev–Trinajstić information content (AvgIpc) is 2.72. The molecule has 2 heterocycles. The van der Waals surface area contributed by atoms with E-state index in [1.165, 1.54) is 18.9 Å². The van der Waals surface area contributed by atoms with Gasteiger partial charge in [-0.25, -0.2) is 4.98 Å². The van der Waals surface area contributed by atoms with Gasteiger partial charge in [-0.05, 0) is 6.66 Å². The molecule has 1 unspecified atom stereocenters. The van der Waals surface area contributed by atoms with Crippen LogP contribution in [0.5, 0.6) is 0 Å². The van der Waals surface area contributed by atoms with E-state index in [1.54, 1.807) is 4.68 Å². The zero-order valence-corrected chi connectivity index (χ0v) is 8.92. The minimum atomic E-state index is 0.441. The lowest BCUT2D eigenvalue weighted by Crippen LogP contribution is -2.15. The smallest absolute Gasteiger partial charge is 0.225 e. The molecular weight excluding hydrogens is 211 g/mol. The van der Waals surface area contributed by atoms with Gasteiger partial charge in [-0.1, -0.05) is 8.58 Å². The van der Waals surface area contributed by atoms with Crippen molar-refractivity contribution in [3.63, 3.8) is 0 Å². The zero-order valence-electron chi connectivity index (χ0n) is 7.92. The highest BCUT2D eigenvalue weighted by molar-refractivity contribution is 7.46. The number of nitriles is 1. The van der Waals surface area contributed by atoms with Crippen molar-refractivity contribution < 1.29 is 0 Å². The van der Waals surface area contributed by atoms with E-state index >= 15 is 0 Å². The minimum Gasteiger partial charge on any atom is -0.225 e. The molecule has 15 heavy (non-hydrogen) atoms. The van der Waals surface area contributed by atoms with Gasteiger partial charge in [0.05, 0.1) is 17.2 Å². The fraction of sp³-hybridized carbons (Fsp3) is 0.125. The Morgan fingerprint density at radius 2 is 2.13 bits per heavy atom. The Balaban J connectivity index is 2.55. The predicted molar refractivity (Wildman–Crippen MR) is 55.5 cm³/mol. The summed E-state index contributed by atoms with van der Waals surface area (Å²) >= 11 is 0. The van der Waals surface area contributed by atoms with E-state index in [2.05, 4.69) is 26.1 Å². The molecule has 0 aliphatic heterocycles. The summed E-state index contributed by atoms with van der Waals surface area (Å²) in [6.07, 6.45) is 4.33. The highest BCUT2D eigenvalue weighted by Crippen LogP contribution is 2.10. The molecule has 0 amide bonds. The van der Waals surface area contributed by atoms with Gasteiger partial charge in [-0.15, -0.1) is 0 Å². The third-order valence-corrected chi connectivity index (χ3v) is 2.75. The highest BCUT2D eigenvalue weighted by atomic mass is 31.1. The Hall–Kier alpha value is -1.86. The molecule has 0 spiro atoms. The molecule has 7 heteroatoms. The molecule has 0 aliphatic rings. The predicted octanol–water partition coefficient (Wildman–Crippen LogP) is -0.137. The van der Waals surface area contributed by atoms with Crippen LogP contribution >= 0.6 is 8.58 Å². The Labute approximate surface area is 87.8 Å². The van der Waals surface area contributed by atoms with Crippen LogP contribution in [-0.4, -0.2) is 31.4 Å². The van der Waals surface area contributed by atoms with Crippen LogP contribution in [0.4, 0.5) is 0 Å². The fourth-order valence-corrected chi connectivity index (χ4v) is 1.92. The normalized spacial score (nSPS) is 10.7. The van der Waals surface area contributed by atoms with E-state index in [0.717, 1.165) is 5.44 Å². The summed E-state index contributed by atoms with van der Waals surface area (Å²) in [7, 11) is 0.462. The lowest BCUT2D eigenvalue weighted by molar-refractivity contribution is 0.812. The highest BCUT2D eigenvalue weighted by Gasteiger charge is 2.11. The van der Waals surface area contributed by atoms with Crippen molar-refractivity contribution in [2.24, 2.45) is 0 Å². The molecule has 0 saturated carbocycles. The molecule has 0 saturated heterocycles. The van der Waals surface area contributed by atoms with Gasteiger partial charge in [-0.3, -0.25) is 0 Å². The molecule has 2 aromatic rings. The quantitative estimate of drug-likeness (QED) is 0.655. The molecule has 0 radical (unpaired) electrons. The number of hydrogen-bond donors (Lipinski definition) is 0. The van der Waals surface area contributed by atoms with Crippen LogP contribution in [0.1, 0.15) is 5.56 Å². The monoisotopic (exact) mass is 218 g/mol. The van der Waals surface area contributed by atoms with Gasteiger partial charge in [0.15, 0.2) is 0 Å². The Morgan fingerprint density at radius 1 is 1.40 bits per heavy atom. The van der Waals surface area contributed by atoms with Gasteiger partial charge in [-0.2, -0.15) is 25.0 Å². The van der Waals surface area contributed by atoms with Crippen molar-refractivity contribution >= 4 is 14.0 Å². The van der Waals surface area contributed by atoms with Crippen LogP contribution in [0, 0.1) is 11.3 Å². The fourth-order valence-electron chi connectivity index (χ4n) is 1.16. The van der Waals surface area contributed by atoms with Gasteiger partial charge >= 0.3 is 0 Å². The number of nitrogens with zero attached hydrogens (tertiary/aromatic N) is 6. The maximum absolute atomic E-state index is 8.86. The lowest BCUT2D eigenvalue weighted by Gasteiger charge is -2.02. The Bertz CT molecular complexity index is 500. The molecule has 74 valence electrons. The van der Waals surface area contributed by atoms with Gasteiger partial charge < -0.3 is 0 Å². The summed E-state index contributed by atoms with van der Waals surface area (Å²) in [5.41, 5.74) is 1.40. The maximum Gasteiger partial charge on any atom is 0.254 e. The second-order valence-corrected chi connectivity index (χ2v) is 3.59. The van der Waals surface area contributed by atoms with Gasteiger partial charge in [0.25, 0.3) is 5.95 Å². The topological polar surface area (TPSA) is 80.3 Å². The van der Waals surface area contributed by atoms with Crippen LogP contribution in [0.3, 0.4) is 0 Å². The van der Waals surface area contributed by atoms with Crippen LogP contribution in [0.2, 0.25) is 0 Å². The van der Waals surface area contributed by atoms with E-state index in [0.29, 0.717) is 20.1 Å². The molecule has 6 nitrogen and oxygen atoms in total. The Morgan fingerprint density at radius 3 is 2.73 bits per heavy atom. The van der Waals surface area contributed by atoms with E-state index in [-0.39, 0.29) is 0 Å². The van der Waals surface area contributed by atoms with E-state index < -0.39 is 0 Å². The van der Waals surface area contributed by atoms with E-state index in [9.17, 15) is 0 Å². The maximum atomic E-state index is 8.86. The molecule has 2 rings (SSSR count). The van der Waals surface area contributed by atoms with Crippen molar-refractivity contribution in [3.05, 3.63) is 24.4 Å². The number of aromatic nitrogens is 5. The second kappa shape index (κ2) is 4.11. The summed E-state index contributed by atoms with van der Waals surface area (Å²) in [4.78, 5) is 11.7. The molecule has 0 fully saturated rings. The largest absolute Gasteiger partial charge is 0.254 e. The van der Waals surface area contributed by atoms with Gasteiger partial charge in [0.2, 0.25) is 0 Å². The molecule has 0 aliphatic carbocycles. The first-order valence-electron chi connectivity index (χ1n) is 4.15. The Kier molecular flexibility index (Phi) is 2.66. The zero-order chi connectivity index (χ0) is 10.7. The van der Waals surface area contributed by atoms with Gasteiger partial charge in [0, 0.05) is 0 Å². The average molecular weight is 218 g/mol. The van der Waals surface area contributed by atoms with E-state index in [1.807, 2.05) is 6.66 Å². The van der Waals surface area contributed by atoms with Crippen LogP contribution in [0.15, 0.2) is 18.9 Å². The second-order valence-electron chi connectivity index (χ2n) is 2.62. The minimum absolute atomic E-state index is 0.441. The number of hydrogen-bond acceptors (Lipinski definition) is 5. The number of rotatable bonds is 2. The molecule has 0 bridgehead atoms. The summed E-state index contributed by atoms with van der Waals surface area (Å²) in [6.45, 7) is 1.98. The molecule has 2 aromatic heterocycles.